The van der Waals surface area contributed by atoms with Crippen LogP contribution in [0.1, 0.15) is 28.4 Å². The predicted octanol–water partition coefficient (Wildman–Crippen LogP) is 2.89. The molecule has 0 aliphatic carbocycles. The lowest BCUT2D eigenvalue weighted by molar-refractivity contribution is -0.116. The Kier molecular flexibility index (Phi) is 3.43. The maximum Gasteiger partial charge on any atom is 0.147 e. The second-order valence-corrected chi connectivity index (χ2v) is 4.04. The maximum atomic E-state index is 11.2. The Morgan fingerprint density at radius 3 is 2.71 bits per heavy atom. The summed E-state index contributed by atoms with van der Waals surface area (Å²) >= 11 is 3.28. The number of hydrogen-bond acceptors (Lipinski definition) is 2. The van der Waals surface area contributed by atoms with Gasteiger partial charge in [-0.1, -0.05) is 34.1 Å². The summed E-state index contributed by atoms with van der Waals surface area (Å²) in [5.74, 6) is 0.00657. The standard InChI is InChI=1S/C11H10BrNO/c1-7-4-3-5-9(10(7)6-13)11(12)8(2)14/h3-5,11H,1-2H3. The third-order valence-corrected chi connectivity index (χ3v) is 3.18. The molecular formula is C11H10BrNO. The first-order chi connectivity index (χ1) is 6.57. The molecule has 1 unspecified atom stereocenters. The lowest BCUT2D eigenvalue weighted by atomic mass is 9.99. The van der Waals surface area contributed by atoms with E-state index in [0.29, 0.717) is 5.56 Å². The molecule has 0 saturated heterocycles. The molecule has 1 rings (SSSR count). The highest BCUT2D eigenvalue weighted by Crippen LogP contribution is 2.27. The van der Waals surface area contributed by atoms with Crippen molar-refractivity contribution in [3.63, 3.8) is 0 Å². The number of aryl methyl sites for hydroxylation is 1. The van der Waals surface area contributed by atoms with Gasteiger partial charge in [0.05, 0.1) is 16.5 Å². The third-order valence-electron chi connectivity index (χ3n) is 2.05. The molecule has 1 aromatic rings. The summed E-state index contributed by atoms with van der Waals surface area (Å²) in [4.78, 5) is 10.8. The van der Waals surface area contributed by atoms with Crippen molar-refractivity contribution in [2.45, 2.75) is 18.7 Å². The van der Waals surface area contributed by atoms with Crippen LogP contribution in [0.4, 0.5) is 0 Å². The van der Waals surface area contributed by atoms with Crippen LogP contribution < -0.4 is 0 Å². The summed E-state index contributed by atoms with van der Waals surface area (Å²) in [6.07, 6.45) is 0. The maximum absolute atomic E-state index is 11.2. The van der Waals surface area contributed by atoms with Crippen molar-refractivity contribution in [2.24, 2.45) is 0 Å². The van der Waals surface area contributed by atoms with Crippen molar-refractivity contribution in [2.75, 3.05) is 0 Å². The first-order valence-corrected chi connectivity index (χ1v) is 5.13. The SMILES string of the molecule is CC(=O)C(Br)c1cccc(C)c1C#N. The minimum Gasteiger partial charge on any atom is -0.298 e. The number of nitriles is 1. The van der Waals surface area contributed by atoms with Crippen molar-refractivity contribution >= 4 is 21.7 Å². The molecule has 0 saturated carbocycles. The molecule has 14 heavy (non-hydrogen) atoms. The highest BCUT2D eigenvalue weighted by molar-refractivity contribution is 9.09. The number of nitrogens with zero attached hydrogens (tertiary/aromatic N) is 1. The fourth-order valence-corrected chi connectivity index (χ4v) is 1.65. The second kappa shape index (κ2) is 4.39. The number of carbonyl (C=O) groups excluding carboxylic acids is 1. The number of Topliss-reactive ketones (excluding diaryl/α,β-unsaturated/α-hetero) is 1. The minimum atomic E-state index is -0.378. The van der Waals surface area contributed by atoms with E-state index < -0.39 is 0 Å². The molecule has 0 bridgehead atoms. The lowest BCUT2D eigenvalue weighted by Gasteiger charge is -2.09. The van der Waals surface area contributed by atoms with E-state index >= 15 is 0 Å². The molecule has 0 aromatic heterocycles. The first kappa shape index (κ1) is 10.9. The van der Waals surface area contributed by atoms with Gasteiger partial charge in [0, 0.05) is 0 Å². The van der Waals surface area contributed by atoms with Gasteiger partial charge >= 0.3 is 0 Å². The fraction of sp³-hybridized carbons (Fsp3) is 0.273. The van der Waals surface area contributed by atoms with Crippen LogP contribution in [0.25, 0.3) is 0 Å². The Hall–Kier alpha value is -1.14. The molecule has 72 valence electrons. The Morgan fingerprint density at radius 2 is 2.21 bits per heavy atom. The van der Waals surface area contributed by atoms with E-state index in [-0.39, 0.29) is 10.6 Å². The van der Waals surface area contributed by atoms with E-state index in [4.69, 9.17) is 5.26 Å². The zero-order valence-corrected chi connectivity index (χ0v) is 9.63. The van der Waals surface area contributed by atoms with Crippen molar-refractivity contribution in [1.82, 2.24) is 0 Å². The molecule has 1 atom stereocenters. The van der Waals surface area contributed by atoms with Gasteiger partial charge in [-0.3, -0.25) is 4.79 Å². The van der Waals surface area contributed by atoms with Crippen LogP contribution >= 0.6 is 15.9 Å². The monoisotopic (exact) mass is 251 g/mol. The quantitative estimate of drug-likeness (QED) is 0.759. The van der Waals surface area contributed by atoms with E-state index in [9.17, 15) is 4.79 Å². The van der Waals surface area contributed by atoms with Crippen LogP contribution in [0.5, 0.6) is 0 Å². The van der Waals surface area contributed by atoms with Crippen molar-refractivity contribution < 1.29 is 4.79 Å². The second-order valence-electron chi connectivity index (χ2n) is 3.12. The highest BCUT2D eigenvalue weighted by Gasteiger charge is 2.17. The molecule has 0 amide bonds. The van der Waals surface area contributed by atoms with Gasteiger partial charge in [0.25, 0.3) is 0 Å². The van der Waals surface area contributed by atoms with E-state index in [1.807, 2.05) is 19.1 Å². The molecule has 3 heteroatoms. The number of ketones is 1. The largest absolute Gasteiger partial charge is 0.298 e. The first-order valence-electron chi connectivity index (χ1n) is 4.22. The van der Waals surface area contributed by atoms with Crippen LogP contribution in [-0.4, -0.2) is 5.78 Å². The summed E-state index contributed by atoms with van der Waals surface area (Å²) in [5.41, 5.74) is 2.24. The number of rotatable bonds is 2. The average molecular weight is 252 g/mol. The molecule has 0 radical (unpaired) electrons. The average Bonchev–Trinajstić information content (AvgIpc) is 2.16. The summed E-state index contributed by atoms with van der Waals surface area (Å²) in [6, 6.07) is 7.63. The Balaban J connectivity index is 3.29. The fourth-order valence-electron chi connectivity index (χ4n) is 1.27. The summed E-state index contributed by atoms with van der Waals surface area (Å²) in [7, 11) is 0. The van der Waals surface area contributed by atoms with Crippen LogP contribution in [-0.2, 0) is 4.79 Å². The minimum absolute atomic E-state index is 0.00657. The predicted molar refractivity (Wildman–Crippen MR) is 58.2 cm³/mol. The van der Waals surface area contributed by atoms with Gasteiger partial charge in [-0.15, -0.1) is 0 Å². The lowest BCUT2D eigenvalue weighted by Crippen LogP contribution is -2.04. The molecule has 2 nitrogen and oxygen atoms in total. The van der Waals surface area contributed by atoms with E-state index in [1.54, 1.807) is 6.07 Å². The topological polar surface area (TPSA) is 40.9 Å². The van der Waals surface area contributed by atoms with Gasteiger partial charge in [0.1, 0.15) is 5.78 Å². The Labute approximate surface area is 91.7 Å². The van der Waals surface area contributed by atoms with Gasteiger partial charge in [-0.05, 0) is 25.0 Å². The van der Waals surface area contributed by atoms with Gasteiger partial charge in [0.15, 0.2) is 0 Å². The molecule has 0 aliphatic heterocycles. The van der Waals surface area contributed by atoms with Crippen molar-refractivity contribution in [1.29, 1.82) is 5.26 Å². The summed E-state index contributed by atoms with van der Waals surface area (Å²) in [6.45, 7) is 3.37. The number of benzene rings is 1. The smallest absolute Gasteiger partial charge is 0.147 e. The zero-order valence-electron chi connectivity index (χ0n) is 8.04. The van der Waals surface area contributed by atoms with Gasteiger partial charge in [0.2, 0.25) is 0 Å². The van der Waals surface area contributed by atoms with Crippen molar-refractivity contribution in [3.05, 3.63) is 34.9 Å². The van der Waals surface area contributed by atoms with Crippen LogP contribution in [0.15, 0.2) is 18.2 Å². The Bertz CT molecular complexity index is 406. The summed E-state index contributed by atoms with van der Waals surface area (Å²) in [5, 5.41) is 8.95. The molecule has 0 aliphatic rings. The molecule has 0 N–H and O–H groups in total. The molecule has 0 heterocycles. The molecule has 0 fully saturated rings. The molecular weight excluding hydrogens is 242 g/mol. The summed E-state index contributed by atoms with van der Waals surface area (Å²) < 4.78 is 0. The van der Waals surface area contributed by atoms with Crippen LogP contribution in [0.2, 0.25) is 0 Å². The number of hydrogen-bond donors (Lipinski definition) is 0. The van der Waals surface area contributed by atoms with Crippen LogP contribution in [0.3, 0.4) is 0 Å². The number of carbonyl (C=O) groups is 1. The third kappa shape index (κ3) is 2.02. The highest BCUT2D eigenvalue weighted by atomic mass is 79.9. The van der Waals surface area contributed by atoms with E-state index in [1.165, 1.54) is 6.92 Å². The number of halogens is 1. The van der Waals surface area contributed by atoms with Gasteiger partial charge in [-0.25, -0.2) is 0 Å². The Morgan fingerprint density at radius 1 is 1.57 bits per heavy atom. The molecule has 1 aromatic carbocycles. The normalized spacial score (nSPS) is 11.9. The zero-order chi connectivity index (χ0) is 10.7. The van der Waals surface area contributed by atoms with E-state index in [0.717, 1.165) is 11.1 Å². The van der Waals surface area contributed by atoms with Crippen LogP contribution in [0, 0.1) is 18.3 Å². The van der Waals surface area contributed by atoms with Gasteiger partial charge in [-0.2, -0.15) is 5.26 Å². The molecule has 0 spiro atoms. The number of alkyl halides is 1. The van der Waals surface area contributed by atoms with E-state index in [2.05, 4.69) is 22.0 Å². The van der Waals surface area contributed by atoms with Crippen molar-refractivity contribution in [3.8, 4) is 6.07 Å². The van der Waals surface area contributed by atoms with Gasteiger partial charge < -0.3 is 0 Å².